The summed E-state index contributed by atoms with van der Waals surface area (Å²) in [6.07, 6.45) is 2.87. The molecule has 6 heteroatoms. The zero-order valence-electron chi connectivity index (χ0n) is 10.7. The fourth-order valence-corrected chi connectivity index (χ4v) is 2.62. The Morgan fingerprint density at radius 1 is 1.58 bits per heavy atom. The molecule has 0 aromatic heterocycles. The number of benzene rings is 1. The van der Waals surface area contributed by atoms with Crippen molar-refractivity contribution in [2.24, 2.45) is 0 Å². The van der Waals surface area contributed by atoms with Crippen LogP contribution in [-0.2, 0) is 0 Å². The fraction of sp³-hybridized carbons (Fsp3) is 0.462. The van der Waals surface area contributed by atoms with Crippen molar-refractivity contribution < 1.29 is 14.8 Å². The lowest BCUT2D eigenvalue weighted by molar-refractivity contribution is -0.384. The standard InChI is InChI=1S/C13H16N2O4/c1-2-10-4-3-7-14(10)12-8-9(13(16)17)5-6-11(12)15(18)19/h5-6,8,10H,2-4,7H2,1H3,(H,16,17). The molecule has 1 aromatic rings. The minimum Gasteiger partial charge on any atom is -0.478 e. The largest absolute Gasteiger partial charge is 0.478 e. The summed E-state index contributed by atoms with van der Waals surface area (Å²) in [5.74, 6) is -1.07. The summed E-state index contributed by atoms with van der Waals surface area (Å²) in [5.41, 5.74) is 0.488. The van der Waals surface area contributed by atoms with Gasteiger partial charge in [-0.1, -0.05) is 6.92 Å². The quantitative estimate of drug-likeness (QED) is 0.667. The highest BCUT2D eigenvalue weighted by Gasteiger charge is 2.29. The molecular weight excluding hydrogens is 248 g/mol. The number of rotatable bonds is 4. The first-order valence-electron chi connectivity index (χ1n) is 6.33. The zero-order valence-corrected chi connectivity index (χ0v) is 10.7. The van der Waals surface area contributed by atoms with E-state index in [1.165, 1.54) is 18.2 Å². The average molecular weight is 264 g/mol. The molecule has 1 N–H and O–H groups in total. The monoisotopic (exact) mass is 264 g/mol. The van der Waals surface area contributed by atoms with Crippen LogP contribution in [0.5, 0.6) is 0 Å². The number of carbonyl (C=O) groups is 1. The van der Waals surface area contributed by atoms with Crippen LogP contribution in [0.3, 0.4) is 0 Å². The maximum atomic E-state index is 11.1. The molecule has 19 heavy (non-hydrogen) atoms. The molecule has 0 saturated carbocycles. The van der Waals surface area contributed by atoms with Gasteiger partial charge in [0.25, 0.3) is 5.69 Å². The Morgan fingerprint density at radius 2 is 2.32 bits per heavy atom. The van der Waals surface area contributed by atoms with Gasteiger partial charge in [-0.3, -0.25) is 10.1 Å². The van der Waals surface area contributed by atoms with Crippen molar-refractivity contribution in [2.45, 2.75) is 32.2 Å². The van der Waals surface area contributed by atoms with E-state index in [9.17, 15) is 14.9 Å². The molecule has 0 radical (unpaired) electrons. The van der Waals surface area contributed by atoms with Crippen LogP contribution in [0, 0.1) is 10.1 Å². The van der Waals surface area contributed by atoms with Gasteiger partial charge in [-0.2, -0.15) is 0 Å². The number of anilines is 1. The molecule has 1 aromatic carbocycles. The van der Waals surface area contributed by atoms with Gasteiger partial charge < -0.3 is 10.0 Å². The van der Waals surface area contributed by atoms with E-state index in [1.807, 2.05) is 11.8 Å². The molecule has 0 bridgehead atoms. The topological polar surface area (TPSA) is 83.7 Å². The zero-order chi connectivity index (χ0) is 14.0. The lowest BCUT2D eigenvalue weighted by Gasteiger charge is -2.25. The maximum absolute atomic E-state index is 11.1. The Bertz CT molecular complexity index is 515. The first-order valence-corrected chi connectivity index (χ1v) is 6.33. The van der Waals surface area contributed by atoms with Gasteiger partial charge in [-0.05, 0) is 31.4 Å². The first kappa shape index (κ1) is 13.3. The molecule has 1 heterocycles. The predicted octanol–water partition coefficient (Wildman–Crippen LogP) is 2.67. The number of carboxylic acid groups (broad SMARTS) is 1. The van der Waals surface area contributed by atoms with E-state index in [0.29, 0.717) is 5.69 Å². The first-order chi connectivity index (χ1) is 9.04. The van der Waals surface area contributed by atoms with E-state index < -0.39 is 10.9 Å². The van der Waals surface area contributed by atoms with E-state index in [0.717, 1.165) is 25.8 Å². The Morgan fingerprint density at radius 3 is 2.89 bits per heavy atom. The molecule has 1 atom stereocenters. The summed E-state index contributed by atoms with van der Waals surface area (Å²) in [7, 11) is 0. The molecule has 2 rings (SSSR count). The Hall–Kier alpha value is -2.11. The third-order valence-corrected chi connectivity index (χ3v) is 3.58. The molecule has 0 spiro atoms. The highest BCUT2D eigenvalue weighted by atomic mass is 16.6. The van der Waals surface area contributed by atoms with E-state index in [4.69, 9.17) is 5.11 Å². The second kappa shape index (κ2) is 5.26. The molecule has 6 nitrogen and oxygen atoms in total. The van der Waals surface area contributed by atoms with Crippen LogP contribution in [0.15, 0.2) is 18.2 Å². The summed E-state index contributed by atoms with van der Waals surface area (Å²) in [6, 6.07) is 4.22. The van der Waals surface area contributed by atoms with E-state index >= 15 is 0 Å². The Balaban J connectivity index is 2.48. The van der Waals surface area contributed by atoms with Crippen LogP contribution < -0.4 is 4.90 Å². The Labute approximate surface area is 110 Å². The second-order valence-electron chi connectivity index (χ2n) is 4.66. The van der Waals surface area contributed by atoms with Crippen molar-refractivity contribution in [1.29, 1.82) is 0 Å². The van der Waals surface area contributed by atoms with Crippen LogP contribution in [-0.4, -0.2) is 28.6 Å². The van der Waals surface area contributed by atoms with Crippen LogP contribution >= 0.6 is 0 Å². The van der Waals surface area contributed by atoms with Crippen LogP contribution in [0.25, 0.3) is 0 Å². The summed E-state index contributed by atoms with van der Waals surface area (Å²) in [4.78, 5) is 23.6. The van der Waals surface area contributed by atoms with Crippen molar-refractivity contribution in [3.63, 3.8) is 0 Å². The molecule has 0 aliphatic carbocycles. The van der Waals surface area contributed by atoms with Crippen LogP contribution in [0.4, 0.5) is 11.4 Å². The van der Waals surface area contributed by atoms with Crippen molar-refractivity contribution in [3.05, 3.63) is 33.9 Å². The minimum absolute atomic E-state index is 0.0228. The molecular formula is C13H16N2O4. The van der Waals surface area contributed by atoms with Crippen LogP contribution in [0.2, 0.25) is 0 Å². The van der Waals surface area contributed by atoms with Crippen molar-refractivity contribution in [3.8, 4) is 0 Å². The van der Waals surface area contributed by atoms with Gasteiger partial charge in [0.1, 0.15) is 5.69 Å². The molecule has 1 unspecified atom stereocenters. The fourth-order valence-electron chi connectivity index (χ4n) is 2.62. The number of nitrogens with zero attached hydrogens (tertiary/aromatic N) is 2. The van der Waals surface area contributed by atoms with Gasteiger partial charge >= 0.3 is 5.97 Å². The third-order valence-electron chi connectivity index (χ3n) is 3.58. The number of hydrogen-bond acceptors (Lipinski definition) is 4. The lowest BCUT2D eigenvalue weighted by atomic mass is 10.1. The molecule has 1 aliphatic rings. The second-order valence-corrected chi connectivity index (χ2v) is 4.66. The average Bonchev–Trinajstić information content (AvgIpc) is 2.85. The molecule has 102 valence electrons. The maximum Gasteiger partial charge on any atom is 0.335 e. The van der Waals surface area contributed by atoms with Gasteiger partial charge in [-0.15, -0.1) is 0 Å². The van der Waals surface area contributed by atoms with Crippen molar-refractivity contribution in [2.75, 3.05) is 11.4 Å². The molecule has 1 fully saturated rings. The highest BCUT2D eigenvalue weighted by Crippen LogP contribution is 2.35. The number of nitro benzene ring substituents is 1. The SMILES string of the molecule is CCC1CCCN1c1cc(C(=O)O)ccc1[N+](=O)[O-]. The summed E-state index contributed by atoms with van der Waals surface area (Å²) < 4.78 is 0. The third kappa shape index (κ3) is 2.52. The number of hydrogen-bond donors (Lipinski definition) is 1. The van der Waals surface area contributed by atoms with Gasteiger partial charge in [0.2, 0.25) is 0 Å². The summed E-state index contributed by atoms with van der Waals surface area (Å²) in [5, 5.41) is 20.1. The number of aromatic carboxylic acids is 1. The van der Waals surface area contributed by atoms with Crippen molar-refractivity contribution >= 4 is 17.3 Å². The van der Waals surface area contributed by atoms with Gasteiger partial charge in [0, 0.05) is 18.7 Å². The molecule has 0 amide bonds. The predicted molar refractivity (Wildman–Crippen MR) is 70.7 cm³/mol. The lowest BCUT2D eigenvalue weighted by Crippen LogP contribution is -2.29. The van der Waals surface area contributed by atoms with Gasteiger partial charge in [-0.25, -0.2) is 4.79 Å². The van der Waals surface area contributed by atoms with E-state index in [-0.39, 0.29) is 17.3 Å². The van der Waals surface area contributed by atoms with E-state index in [1.54, 1.807) is 0 Å². The number of nitro groups is 1. The number of carboxylic acids is 1. The van der Waals surface area contributed by atoms with Crippen molar-refractivity contribution in [1.82, 2.24) is 0 Å². The molecule has 1 aliphatic heterocycles. The minimum atomic E-state index is -1.07. The van der Waals surface area contributed by atoms with Crippen LogP contribution in [0.1, 0.15) is 36.5 Å². The summed E-state index contributed by atoms with van der Waals surface area (Å²) >= 11 is 0. The summed E-state index contributed by atoms with van der Waals surface area (Å²) in [6.45, 7) is 2.78. The van der Waals surface area contributed by atoms with Gasteiger partial charge in [0.05, 0.1) is 10.5 Å². The highest BCUT2D eigenvalue weighted by molar-refractivity contribution is 5.90. The smallest absolute Gasteiger partial charge is 0.335 e. The normalized spacial score (nSPS) is 18.6. The van der Waals surface area contributed by atoms with Gasteiger partial charge in [0.15, 0.2) is 0 Å². The van der Waals surface area contributed by atoms with E-state index in [2.05, 4.69) is 0 Å². The molecule has 1 saturated heterocycles. The Kier molecular flexibility index (Phi) is 3.69.